The van der Waals surface area contributed by atoms with Crippen molar-refractivity contribution >= 4 is 34.7 Å². The van der Waals surface area contributed by atoms with E-state index in [4.69, 9.17) is 4.74 Å². The van der Waals surface area contributed by atoms with Gasteiger partial charge in [0.05, 0.1) is 23.0 Å². The van der Waals surface area contributed by atoms with Gasteiger partial charge in [0.25, 0.3) is 5.91 Å². The molecule has 9 heteroatoms. The zero-order chi connectivity index (χ0) is 30.5. The van der Waals surface area contributed by atoms with Gasteiger partial charge in [-0.3, -0.25) is 23.7 Å². The van der Waals surface area contributed by atoms with Gasteiger partial charge < -0.3 is 10.1 Å². The van der Waals surface area contributed by atoms with E-state index >= 15 is 0 Å². The van der Waals surface area contributed by atoms with Gasteiger partial charge in [0, 0.05) is 12.4 Å². The second-order valence-electron chi connectivity index (χ2n) is 10.4. The van der Waals surface area contributed by atoms with E-state index in [9.17, 15) is 18.6 Å². The molecular weight excluding hydrogens is 574 g/mol. The lowest BCUT2D eigenvalue weighted by Crippen LogP contribution is -2.73. The minimum atomic E-state index is -1.59. The number of rotatable bonds is 9. The highest BCUT2D eigenvalue weighted by Gasteiger charge is 2.57. The number of fused-ring (bicyclic) bond motifs is 1. The minimum absolute atomic E-state index is 0.00681. The number of amides is 2. The molecule has 2 aliphatic rings. The Balaban J connectivity index is 1.32. The Labute approximate surface area is 257 Å². The Bertz CT molecular complexity index is 1710. The smallest absolute Gasteiger partial charge is 0.356 e. The van der Waals surface area contributed by atoms with Crippen molar-refractivity contribution in [2.45, 2.75) is 23.9 Å². The third-order valence-electron chi connectivity index (χ3n) is 7.49. The molecule has 220 valence electrons. The zero-order valence-corrected chi connectivity index (χ0v) is 24.4. The molecule has 2 unspecified atom stereocenters. The number of β-lactam (4-membered cyclic amide) rings is 1. The maximum Gasteiger partial charge on any atom is 0.356 e. The lowest BCUT2D eigenvalue weighted by molar-refractivity contribution is -0.154. The molecule has 6 rings (SSSR count). The summed E-state index contributed by atoms with van der Waals surface area (Å²) in [5.41, 5.74) is 3.57. The summed E-state index contributed by atoms with van der Waals surface area (Å²) >= 11 is 0. The Morgan fingerprint density at radius 3 is 2.09 bits per heavy atom. The van der Waals surface area contributed by atoms with Crippen molar-refractivity contribution in [3.8, 4) is 0 Å². The van der Waals surface area contributed by atoms with Crippen molar-refractivity contribution in [1.82, 2.24) is 15.2 Å². The number of ether oxygens (including phenoxy) is 1. The standard InChI is InChI=1S/C35H29N3O5S/c39-29(22-25-10-4-1-5-11-25)37-30-33(40)38-31(28(23-44(42)34(30)38)17-16-24-18-20-36-21-19-24)35(41)43-32(26-12-6-2-7-13-26)27-14-8-3-9-15-27/h1-21,30,32,34H,22-23H2,(H,37,39)/t30?,34-,44?/m1/s1. The summed E-state index contributed by atoms with van der Waals surface area (Å²) in [5.74, 6) is -1.59. The summed E-state index contributed by atoms with van der Waals surface area (Å²) in [5, 5.41) is 1.85. The van der Waals surface area contributed by atoms with Gasteiger partial charge in [0.1, 0.15) is 17.1 Å². The maximum atomic E-state index is 14.1. The zero-order valence-electron chi connectivity index (χ0n) is 23.6. The molecule has 1 aromatic heterocycles. The van der Waals surface area contributed by atoms with Gasteiger partial charge in [-0.05, 0) is 40.0 Å². The number of nitrogens with one attached hydrogen (secondary N) is 1. The number of nitrogens with zero attached hydrogens (tertiary/aromatic N) is 2. The minimum Gasteiger partial charge on any atom is -0.448 e. The van der Waals surface area contributed by atoms with Crippen LogP contribution in [0.3, 0.4) is 0 Å². The molecule has 8 nitrogen and oxygen atoms in total. The molecule has 0 bridgehead atoms. The predicted octanol–water partition coefficient (Wildman–Crippen LogP) is 4.34. The fourth-order valence-corrected chi connectivity index (χ4v) is 6.99. The van der Waals surface area contributed by atoms with Crippen molar-refractivity contribution in [1.29, 1.82) is 0 Å². The molecule has 3 heterocycles. The van der Waals surface area contributed by atoms with Crippen LogP contribution in [0, 0.1) is 0 Å². The third kappa shape index (κ3) is 6.14. The van der Waals surface area contributed by atoms with E-state index < -0.39 is 40.2 Å². The quantitative estimate of drug-likeness (QED) is 0.226. The van der Waals surface area contributed by atoms with Crippen molar-refractivity contribution in [3.63, 3.8) is 0 Å². The molecule has 1 N–H and O–H groups in total. The van der Waals surface area contributed by atoms with Crippen molar-refractivity contribution < 1.29 is 23.3 Å². The molecule has 0 spiro atoms. The third-order valence-corrected chi connectivity index (χ3v) is 9.10. The van der Waals surface area contributed by atoms with Gasteiger partial charge >= 0.3 is 5.97 Å². The Hall–Kier alpha value is -5.15. The van der Waals surface area contributed by atoms with E-state index in [0.717, 1.165) is 22.3 Å². The molecule has 1 fully saturated rings. The molecule has 2 amide bonds. The summed E-state index contributed by atoms with van der Waals surface area (Å²) in [6.07, 6.45) is 6.08. The van der Waals surface area contributed by atoms with Crippen molar-refractivity contribution in [2.24, 2.45) is 0 Å². The van der Waals surface area contributed by atoms with Crippen molar-refractivity contribution in [2.75, 3.05) is 5.75 Å². The Morgan fingerprint density at radius 2 is 1.48 bits per heavy atom. The number of esters is 1. The van der Waals surface area contributed by atoms with E-state index in [1.54, 1.807) is 36.7 Å². The molecule has 0 saturated carbocycles. The summed E-state index contributed by atoms with van der Waals surface area (Å²) in [6.45, 7) is 0. The van der Waals surface area contributed by atoms with Crippen LogP contribution in [0.5, 0.6) is 0 Å². The van der Waals surface area contributed by atoms with E-state index in [1.807, 2.05) is 91.0 Å². The number of allylic oxidation sites excluding steroid dienone is 1. The molecule has 44 heavy (non-hydrogen) atoms. The topological polar surface area (TPSA) is 106 Å². The predicted molar refractivity (Wildman–Crippen MR) is 167 cm³/mol. The summed E-state index contributed by atoms with van der Waals surface area (Å²) in [6, 6.07) is 30.4. The fraction of sp³-hybridized carbons (Fsp3) is 0.143. The monoisotopic (exact) mass is 603 g/mol. The molecule has 2 aliphatic heterocycles. The van der Waals surface area contributed by atoms with Crippen LogP contribution in [0.1, 0.15) is 28.4 Å². The first-order chi connectivity index (χ1) is 21.5. The first kappa shape index (κ1) is 28.9. The number of benzene rings is 3. The lowest BCUT2D eigenvalue weighted by Gasteiger charge is -2.49. The van der Waals surface area contributed by atoms with E-state index in [-0.39, 0.29) is 23.8 Å². The summed E-state index contributed by atoms with van der Waals surface area (Å²) < 4.78 is 19.7. The molecular formula is C35H29N3O5S. The van der Waals surface area contributed by atoms with Crippen LogP contribution in [-0.2, 0) is 36.3 Å². The van der Waals surface area contributed by atoms with Gasteiger partial charge in [-0.2, -0.15) is 0 Å². The number of aromatic nitrogens is 1. The van der Waals surface area contributed by atoms with Crippen LogP contribution in [0.2, 0.25) is 0 Å². The van der Waals surface area contributed by atoms with Crippen molar-refractivity contribution in [3.05, 3.63) is 155 Å². The highest BCUT2D eigenvalue weighted by atomic mass is 32.2. The second-order valence-corrected chi connectivity index (χ2v) is 12.0. The maximum absolute atomic E-state index is 14.1. The number of hydrogen-bond donors (Lipinski definition) is 1. The average Bonchev–Trinajstić information content (AvgIpc) is 3.06. The van der Waals surface area contributed by atoms with E-state index in [1.165, 1.54) is 4.90 Å². The SMILES string of the molecule is O=C(Cc1ccccc1)NC1C(=O)N2C(C(=O)OC(c3ccccc3)c3ccccc3)=C(C=Cc3ccncc3)CS(=O)[C@H]12. The number of pyridine rings is 1. The number of carbonyl (C=O) groups is 3. The van der Waals surface area contributed by atoms with Gasteiger partial charge in [-0.15, -0.1) is 0 Å². The van der Waals surface area contributed by atoms with Crippen LogP contribution in [0.4, 0.5) is 0 Å². The lowest BCUT2D eigenvalue weighted by atomic mass is 10.00. The highest BCUT2D eigenvalue weighted by molar-refractivity contribution is 7.86. The van der Waals surface area contributed by atoms with Crippen LogP contribution in [0.15, 0.2) is 133 Å². The van der Waals surface area contributed by atoms with Crippen LogP contribution in [-0.4, -0.2) is 49.0 Å². The molecule has 1 saturated heterocycles. The van der Waals surface area contributed by atoms with Crippen LogP contribution < -0.4 is 5.32 Å². The average molecular weight is 604 g/mol. The fourth-order valence-electron chi connectivity index (χ4n) is 5.35. The highest BCUT2D eigenvalue weighted by Crippen LogP contribution is 2.37. The first-order valence-corrected chi connectivity index (χ1v) is 15.5. The van der Waals surface area contributed by atoms with Gasteiger partial charge in [0.15, 0.2) is 6.10 Å². The molecule has 4 aromatic rings. The number of carbonyl (C=O) groups excluding carboxylic acids is 3. The molecule has 3 atom stereocenters. The normalized spacial score (nSPS) is 19.4. The molecule has 3 aromatic carbocycles. The van der Waals surface area contributed by atoms with Crippen LogP contribution >= 0.6 is 0 Å². The molecule has 0 aliphatic carbocycles. The number of hydrogen-bond acceptors (Lipinski definition) is 6. The second kappa shape index (κ2) is 13.0. The van der Waals surface area contributed by atoms with Crippen LogP contribution in [0.25, 0.3) is 6.08 Å². The molecule has 0 radical (unpaired) electrons. The van der Waals surface area contributed by atoms with Gasteiger partial charge in [-0.25, -0.2) is 4.79 Å². The van der Waals surface area contributed by atoms with Gasteiger partial charge in [-0.1, -0.05) is 103 Å². The summed E-state index contributed by atoms with van der Waals surface area (Å²) in [7, 11) is -1.59. The first-order valence-electron chi connectivity index (χ1n) is 14.2. The Morgan fingerprint density at radius 1 is 0.886 bits per heavy atom. The largest absolute Gasteiger partial charge is 0.448 e. The van der Waals surface area contributed by atoms with E-state index in [2.05, 4.69) is 10.3 Å². The summed E-state index contributed by atoms with van der Waals surface area (Å²) in [4.78, 5) is 45.8. The Kier molecular flexibility index (Phi) is 8.56. The van der Waals surface area contributed by atoms with Gasteiger partial charge in [0.2, 0.25) is 5.91 Å². The van der Waals surface area contributed by atoms with E-state index in [0.29, 0.717) is 5.57 Å².